The summed E-state index contributed by atoms with van der Waals surface area (Å²) < 4.78 is 11.0. The minimum absolute atomic E-state index is 0.264. The van der Waals surface area contributed by atoms with Crippen molar-refractivity contribution in [3.63, 3.8) is 0 Å². The van der Waals surface area contributed by atoms with Crippen molar-refractivity contribution < 1.29 is 14.6 Å². The third-order valence-corrected chi connectivity index (χ3v) is 2.97. The van der Waals surface area contributed by atoms with Gasteiger partial charge in [0.1, 0.15) is 5.75 Å². The number of hydrogen-bond acceptors (Lipinski definition) is 3. The minimum atomic E-state index is -0.519. The molecule has 3 nitrogen and oxygen atoms in total. The fraction of sp³-hybridized carbons (Fsp3) is 0.571. The highest BCUT2D eigenvalue weighted by molar-refractivity contribution is 5.38. The lowest BCUT2D eigenvalue weighted by Gasteiger charge is -2.14. The van der Waals surface area contributed by atoms with Gasteiger partial charge in [-0.25, -0.2) is 0 Å². The van der Waals surface area contributed by atoms with Gasteiger partial charge in [-0.15, -0.1) is 0 Å². The molecule has 0 unspecified atom stereocenters. The van der Waals surface area contributed by atoms with Gasteiger partial charge in [-0.2, -0.15) is 0 Å². The molecule has 0 amide bonds. The Morgan fingerprint density at radius 1 is 1.41 bits per heavy atom. The predicted octanol–water partition coefficient (Wildman–Crippen LogP) is 2.81. The maximum Gasteiger partial charge on any atom is 0.189 e. The van der Waals surface area contributed by atoms with Crippen molar-refractivity contribution in [3.05, 3.63) is 29.3 Å². The first-order valence-electron chi connectivity index (χ1n) is 6.16. The maximum atomic E-state index is 9.63. The molecule has 0 aliphatic heterocycles. The molecule has 94 valence electrons. The van der Waals surface area contributed by atoms with Crippen LogP contribution in [0.4, 0.5) is 0 Å². The summed E-state index contributed by atoms with van der Waals surface area (Å²) in [5.41, 5.74) is 1.93. The number of benzene rings is 1. The Morgan fingerprint density at radius 2 is 2.18 bits per heavy atom. The summed E-state index contributed by atoms with van der Waals surface area (Å²) in [6.07, 6.45) is 2.04. The minimum Gasteiger partial charge on any atom is -0.467 e. The van der Waals surface area contributed by atoms with Crippen LogP contribution in [0.1, 0.15) is 37.0 Å². The molecular weight excluding hydrogens is 216 g/mol. The fourth-order valence-electron chi connectivity index (χ4n) is 1.72. The summed E-state index contributed by atoms with van der Waals surface area (Å²) in [5, 5.41) is 9.63. The second kappa shape index (κ2) is 5.52. The number of rotatable bonds is 6. The summed E-state index contributed by atoms with van der Waals surface area (Å²) in [6.45, 7) is 4.79. The first-order chi connectivity index (χ1) is 8.16. The second-order valence-corrected chi connectivity index (χ2v) is 4.79. The van der Waals surface area contributed by atoms with Gasteiger partial charge in [0.15, 0.2) is 6.79 Å². The smallest absolute Gasteiger partial charge is 0.189 e. The van der Waals surface area contributed by atoms with Crippen LogP contribution in [0.3, 0.4) is 0 Å². The standard InChI is InChI=1S/C14H20O3/c1-10-3-6-13(11(2)15)14(7-10)17-9-16-8-12-4-5-12/h3,6-7,11-12,15H,4-5,8-9H2,1-2H3/t11-/m1/s1. The number of ether oxygens (including phenoxy) is 2. The van der Waals surface area contributed by atoms with Gasteiger partial charge >= 0.3 is 0 Å². The van der Waals surface area contributed by atoms with Gasteiger partial charge in [-0.05, 0) is 44.2 Å². The quantitative estimate of drug-likeness (QED) is 0.609. The first kappa shape index (κ1) is 12.4. The van der Waals surface area contributed by atoms with Gasteiger partial charge in [0.2, 0.25) is 0 Å². The van der Waals surface area contributed by atoms with Crippen LogP contribution in [0.25, 0.3) is 0 Å². The van der Waals surface area contributed by atoms with E-state index in [0.29, 0.717) is 0 Å². The molecule has 1 saturated carbocycles. The average molecular weight is 236 g/mol. The summed E-state index contributed by atoms with van der Waals surface area (Å²) in [4.78, 5) is 0. The van der Waals surface area contributed by atoms with E-state index in [4.69, 9.17) is 9.47 Å². The lowest BCUT2D eigenvalue weighted by Crippen LogP contribution is -2.07. The zero-order valence-electron chi connectivity index (χ0n) is 10.5. The highest BCUT2D eigenvalue weighted by atomic mass is 16.7. The molecule has 17 heavy (non-hydrogen) atoms. The third kappa shape index (κ3) is 3.72. The summed E-state index contributed by atoms with van der Waals surface area (Å²) >= 11 is 0. The van der Waals surface area contributed by atoms with Gasteiger partial charge in [0, 0.05) is 5.56 Å². The highest BCUT2D eigenvalue weighted by Crippen LogP contribution is 2.29. The Labute approximate surface area is 102 Å². The van der Waals surface area contributed by atoms with Crippen LogP contribution in [-0.4, -0.2) is 18.5 Å². The van der Waals surface area contributed by atoms with Crippen molar-refractivity contribution in [1.82, 2.24) is 0 Å². The Balaban J connectivity index is 1.89. The molecule has 2 rings (SSSR count). The van der Waals surface area contributed by atoms with E-state index in [-0.39, 0.29) is 6.79 Å². The van der Waals surface area contributed by atoms with Crippen LogP contribution in [-0.2, 0) is 4.74 Å². The van der Waals surface area contributed by atoms with Gasteiger partial charge in [-0.3, -0.25) is 0 Å². The van der Waals surface area contributed by atoms with Crippen molar-refractivity contribution in [3.8, 4) is 5.75 Å². The van der Waals surface area contributed by atoms with E-state index in [2.05, 4.69) is 0 Å². The van der Waals surface area contributed by atoms with E-state index >= 15 is 0 Å². The van der Waals surface area contributed by atoms with Crippen molar-refractivity contribution in [2.45, 2.75) is 32.8 Å². The van der Waals surface area contributed by atoms with Crippen molar-refractivity contribution in [2.24, 2.45) is 5.92 Å². The number of aliphatic hydroxyl groups is 1. The third-order valence-electron chi connectivity index (χ3n) is 2.97. The van der Waals surface area contributed by atoms with Crippen molar-refractivity contribution >= 4 is 0 Å². The van der Waals surface area contributed by atoms with E-state index < -0.39 is 6.10 Å². The Kier molecular flexibility index (Phi) is 4.02. The van der Waals surface area contributed by atoms with E-state index in [1.54, 1.807) is 6.92 Å². The first-order valence-corrected chi connectivity index (χ1v) is 6.16. The molecule has 0 bridgehead atoms. The summed E-state index contributed by atoms with van der Waals surface area (Å²) in [5.74, 6) is 1.46. The normalized spacial score (nSPS) is 16.9. The molecule has 1 aromatic rings. The van der Waals surface area contributed by atoms with E-state index in [1.807, 2.05) is 25.1 Å². The molecule has 1 aliphatic rings. The molecule has 0 radical (unpaired) electrons. The second-order valence-electron chi connectivity index (χ2n) is 4.79. The lowest BCUT2D eigenvalue weighted by atomic mass is 10.1. The molecule has 1 N–H and O–H groups in total. The number of aliphatic hydroxyl groups excluding tert-OH is 1. The van der Waals surface area contributed by atoms with Crippen LogP contribution >= 0.6 is 0 Å². The van der Waals surface area contributed by atoms with E-state index in [0.717, 1.165) is 29.4 Å². The molecule has 0 aromatic heterocycles. The molecule has 0 spiro atoms. The van der Waals surface area contributed by atoms with Gasteiger partial charge in [-0.1, -0.05) is 12.1 Å². The molecule has 0 saturated heterocycles. The Hall–Kier alpha value is -1.06. The van der Waals surface area contributed by atoms with Crippen LogP contribution < -0.4 is 4.74 Å². The van der Waals surface area contributed by atoms with E-state index in [9.17, 15) is 5.11 Å². The molecule has 1 aromatic carbocycles. The van der Waals surface area contributed by atoms with Gasteiger partial charge in [0.25, 0.3) is 0 Å². The highest BCUT2D eigenvalue weighted by Gasteiger charge is 2.21. The molecule has 1 atom stereocenters. The van der Waals surface area contributed by atoms with Crippen molar-refractivity contribution in [2.75, 3.05) is 13.4 Å². The van der Waals surface area contributed by atoms with Gasteiger partial charge in [0.05, 0.1) is 12.7 Å². The topological polar surface area (TPSA) is 38.7 Å². The predicted molar refractivity (Wildman–Crippen MR) is 66.0 cm³/mol. The molecular formula is C14H20O3. The molecule has 1 aliphatic carbocycles. The molecule has 3 heteroatoms. The average Bonchev–Trinajstić information content (AvgIpc) is 3.08. The summed E-state index contributed by atoms with van der Waals surface area (Å²) in [6, 6.07) is 5.80. The van der Waals surface area contributed by atoms with E-state index in [1.165, 1.54) is 12.8 Å². The zero-order valence-corrected chi connectivity index (χ0v) is 10.5. The fourth-order valence-corrected chi connectivity index (χ4v) is 1.72. The Bertz CT molecular complexity index is 370. The van der Waals surface area contributed by atoms with Crippen LogP contribution in [0.2, 0.25) is 0 Å². The maximum absolute atomic E-state index is 9.63. The van der Waals surface area contributed by atoms with Crippen LogP contribution in [0.15, 0.2) is 18.2 Å². The van der Waals surface area contributed by atoms with Crippen LogP contribution in [0, 0.1) is 12.8 Å². The largest absolute Gasteiger partial charge is 0.467 e. The molecule has 0 heterocycles. The number of aryl methyl sites for hydroxylation is 1. The SMILES string of the molecule is Cc1ccc([C@@H](C)O)c(OCOCC2CC2)c1. The Morgan fingerprint density at radius 3 is 2.82 bits per heavy atom. The van der Waals surface area contributed by atoms with Gasteiger partial charge < -0.3 is 14.6 Å². The summed E-state index contributed by atoms with van der Waals surface area (Å²) in [7, 11) is 0. The monoisotopic (exact) mass is 236 g/mol. The number of hydrogen-bond donors (Lipinski definition) is 1. The lowest BCUT2D eigenvalue weighted by molar-refractivity contribution is 0.00828. The van der Waals surface area contributed by atoms with Crippen LogP contribution in [0.5, 0.6) is 5.75 Å². The molecule has 1 fully saturated rings. The zero-order chi connectivity index (χ0) is 12.3. The van der Waals surface area contributed by atoms with Crippen molar-refractivity contribution in [1.29, 1.82) is 0 Å².